The molecule has 1 aliphatic rings. The molecule has 0 saturated carbocycles. The molecule has 0 aliphatic carbocycles. The number of nitrogens with zero attached hydrogens (tertiary/aromatic N) is 3. The van der Waals surface area contributed by atoms with Crippen LogP contribution in [0.2, 0.25) is 0 Å². The van der Waals surface area contributed by atoms with Gasteiger partial charge in [0, 0.05) is 24.7 Å². The van der Waals surface area contributed by atoms with Crippen molar-refractivity contribution in [2.45, 2.75) is 25.8 Å². The number of carbonyl (C=O) groups excluding carboxylic acids is 1. The van der Waals surface area contributed by atoms with Gasteiger partial charge in [-0.2, -0.15) is 9.78 Å². The molecule has 3 rings (SSSR count). The molecule has 8 heteroatoms. The number of piperidine rings is 1. The van der Waals surface area contributed by atoms with E-state index in [1.807, 2.05) is 0 Å². The Labute approximate surface area is 146 Å². The van der Waals surface area contributed by atoms with Crippen LogP contribution in [0.1, 0.15) is 19.8 Å². The van der Waals surface area contributed by atoms with Crippen molar-refractivity contribution in [1.82, 2.24) is 19.7 Å². The van der Waals surface area contributed by atoms with E-state index in [-0.39, 0.29) is 29.9 Å². The number of rotatable bonds is 3. The van der Waals surface area contributed by atoms with Gasteiger partial charge in [-0.3, -0.25) is 9.36 Å². The van der Waals surface area contributed by atoms with Crippen LogP contribution in [0.15, 0.2) is 35.4 Å². The molecule has 24 heavy (non-hydrogen) atoms. The molecule has 1 fully saturated rings. The van der Waals surface area contributed by atoms with Gasteiger partial charge in [0.15, 0.2) is 0 Å². The van der Waals surface area contributed by atoms with Crippen molar-refractivity contribution in [2.75, 3.05) is 11.9 Å². The second-order valence-electron chi connectivity index (χ2n) is 6.05. The van der Waals surface area contributed by atoms with Crippen LogP contribution in [-0.2, 0) is 11.8 Å². The summed E-state index contributed by atoms with van der Waals surface area (Å²) in [5, 5.41) is 10.3. The molecule has 130 valence electrons. The summed E-state index contributed by atoms with van der Waals surface area (Å²) in [6.45, 7) is 2.97. The predicted molar refractivity (Wildman–Crippen MR) is 94.9 cm³/mol. The number of hydrogen-bond acceptors (Lipinski definition) is 4. The number of aromatic nitrogens is 3. The van der Waals surface area contributed by atoms with Gasteiger partial charge in [0.1, 0.15) is 6.33 Å². The first-order valence-corrected chi connectivity index (χ1v) is 7.80. The Kier molecular flexibility index (Phi) is 5.80. The number of carbonyl (C=O) groups is 1. The van der Waals surface area contributed by atoms with Crippen LogP contribution in [0.4, 0.5) is 5.69 Å². The van der Waals surface area contributed by atoms with Crippen LogP contribution in [0.25, 0.3) is 5.69 Å². The number of halogens is 1. The van der Waals surface area contributed by atoms with Gasteiger partial charge < -0.3 is 10.6 Å². The number of aryl methyl sites for hydroxylation is 1. The fourth-order valence-electron chi connectivity index (χ4n) is 2.85. The third-order valence-corrected chi connectivity index (χ3v) is 4.20. The van der Waals surface area contributed by atoms with Crippen molar-refractivity contribution < 1.29 is 4.79 Å². The first-order chi connectivity index (χ1) is 11.0. The molecule has 1 aromatic carbocycles. The summed E-state index contributed by atoms with van der Waals surface area (Å²) >= 11 is 0. The van der Waals surface area contributed by atoms with Gasteiger partial charge in [0.05, 0.1) is 5.69 Å². The van der Waals surface area contributed by atoms with E-state index >= 15 is 0 Å². The fourth-order valence-corrected chi connectivity index (χ4v) is 2.85. The van der Waals surface area contributed by atoms with E-state index in [1.54, 1.807) is 31.3 Å². The van der Waals surface area contributed by atoms with Gasteiger partial charge in [-0.15, -0.1) is 12.4 Å². The fraction of sp³-hybridized carbons (Fsp3) is 0.438. The standard InChI is InChI=1S/C16H21N5O2.ClH/c1-11-9-12(7-8-17-11)15(22)19-13-3-5-14(6-4-13)21-16(23)20(2)10-18-21;/h3-6,10-12,17H,7-9H2,1-2H3,(H,19,22);1H/t11-,12-;/m0./s1. The first-order valence-electron chi connectivity index (χ1n) is 7.80. The highest BCUT2D eigenvalue weighted by molar-refractivity contribution is 5.92. The Balaban J connectivity index is 0.00000208. The number of hydrogen-bond donors (Lipinski definition) is 2. The SMILES string of the molecule is C[C@H]1C[C@@H](C(=O)Nc2ccc(-n3ncn(C)c3=O)cc2)CCN1.Cl. The predicted octanol–water partition coefficient (Wildman–Crippen LogP) is 1.32. The quantitative estimate of drug-likeness (QED) is 0.874. The first kappa shape index (κ1) is 18.2. The monoisotopic (exact) mass is 351 g/mol. The summed E-state index contributed by atoms with van der Waals surface area (Å²) in [6, 6.07) is 7.50. The van der Waals surface area contributed by atoms with Crippen molar-refractivity contribution in [1.29, 1.82) is 0 Å². The maximum Gasteiger partial charge on any atom is 0.350 e. The minimum atomic E-state index is -0.203. The molecule has 7 nitrogen and oxygen atoms in total. The molecule has 0 bridgehead atoms. The van der Waals surface area contributed by atoms with E-state index in [0.29, 0.717) is 11.7 Å². The summed E-state index contributed by atoms with van der Waals surface area (Å²) in [5.41, 5.74) is 1.20. The molecule has 2 aromatic rings. The largest absolute Gasteiger partial charge is 0.350 e. The highest BCUT2D eigenvalue weighted by atomic mass is 35.5. The van der Waals surface area contributed by atoms with Gasteiger partial charge in [0.2, 0.25) is 5.91 Å². The lowest BCUT2D eigenvalue weighted by atomic mass is 9.92. The van der Waals surface area contributed by atoms with Crippen LogP contribution in [0, 0.1) is 5.92 Å². The van der Waals surface area contributed by atoms with Crippen molar-refractivity contribution >= 4 is 24.0 Å². The topological polar surface area (TPSA) is 81.0 Å². The summed E-state index contributed by atoms with van der Waals surface area (Å²) in [7, 11) is 1.65. The molecule has 2 heterocycles. The lowest BCUT2D eigenvalue weighted by Crippen LogP contribution is -2.40. The van der Waals surface area contributed by atoms with Gasteiger partial charge >= 0.3 is 5.69 Å². The lowest BCUT2D eigenvalue weighted by molar-refractivity contribution is -0.120. The molecular formula is C16H22ClN5O2. The van der Waals surface area contributed by atoms with Gasteiger partial charge in [0.25, 0.3) is 0 Å². The van der Waals surface area contributed by atoms with E-state index < -0.39 is 0 Å². The molecule has 0 unspecified atom stereocenters. The van der Waals surface area contributed by atoms with Gasteiger partial charge in [-0.25, -0.2) is 4.79 Å². The number of benzene rings is 1. The molecule has 0 radical (unpaired) electrons. The Morgan fingerprint density at radius 3 is 2.62 bits per heavy atom. The molecule has 2 atom stereocenters. The van der Waals surface area contributed by atoms with E-state index in [1.165, 1.54) is 15.6 Å². The minimum Gasteiger partial charge on any atom is -0.326 e. The smallest absolute Gasteiger partial charge is 0.326 e. The molecule has 0 spiro atoms. The second kappa shape index (κ2) is 7.63. The average molecular weight is 352 g/mol. The summed E-state index contributed by atoms with van der Waals surface area (Å²) < 4.78 is 2.73. The van der Waals surface area contributed by atoms with Crippen LogP contribution in [0.3, 0.4) is 0 Å². The second-order valence-corrected chi connectivity index (χ2v) is 6.05. The van der Waals surface area contributed by atoms with E-state index in [4.69, 9.17) is 0 Å². The Morgan fingerprint density at radius 1 is 1.33 bits per heavy atom. The lowest BCUT2D eigenvalue weighted by Gasteiger charge is -2.27. The normalized spacial score (nSPS) is 20.2. The molecule has 1 saturated heterocycles. The molecule has 1 aromatic heterocycles. The Morgan fingerprint density at radius 2 is 2.04 bits per heavy atom. The minimum absolute atomic E-state index is 0. The van der Waals surface area contributed by atoms with Crippen LogP contribution >= 0.6 is 12.4 Å². The average Bonchev–Trinajstić information content (AvgIpc) is 2.88. The van der Waals surface area contributed by atoms with Gasteiger partial charge in [-0.1, -0.05) is 0 Å². The molecule has 1 aliphatic heterocycles. The molecule has 1 amide bonds. The van der Waals surface area contributed by atoms with Crippen LogP contribution < -0.4 is 16.3 Å². The number of nitrogens with one attached hydrogen (secondary N) is 2. The third kappa shape index (κ3) is 3.85. The van der Waals surface area contributed by atoms with Crippen LogP contribution in [0.5, 0.6) is 0 Å². The van der Waals surface area contributed by atoms with Crippen molar-refractivity contribution in [3.05, 3.63) is 41.1 Å². The Hall–Kier alpha value is -2.12. The van der Waals surface area contributed by atoms with E-state index in [0.717, 1.165) is 25.1 Å². The van der Waals surface area contributed by atoms with E-state index in [9.17, 15) is 9.59 Å². The number of anilines is 1. The molecular weight excluding hydrogens is 330 g/mol. The maximum absolute atomic E-state index is 12.3. The van der Waals surface area contributed by atoms with E-state index in [2.05, 4.69) is 22.7 Å². The Bertz CT molecular complexity index is 753. The van der Waals surface area contributed by atoms with Gasteiger partial charge in [-0.05, 0) is 50.6 Å². The van der Waals surface area contributed by atoms with Crippen molar-refractivity contribution in [2.24, 2.45) is 13.0 Å². The summed E-state index contributed by atoms with van der Waals surface area (Å²) in [6.07, 6.45) is 3.18. The molecule has 2 N–H and O–H groups in total. The zero-order chi connectivity index (χ0) is 16.4. The zero-order valence-corrected chi connectivity index (χ0v) is 14.5. The highest BCUT2D eigenvalue weighted by Gasteiger charge is 2.24. The summed E-state index contributed by atoms with van der Waals surface area (Å²) in [5.74, 6) is 0.102. The maximum atomic E-state index is 12.3. The highest BCUT2D eigenvalue weighted by Crippen LogP contribution is 2.19. The number of amides is 1. The van der Waals surface area contributed by atoms with Crippen molar-refractivity contribution in [3.8, 4) is 5.69 Å². The summed E-state index contributed by atoms with van der Waals surface area (Å²) in [4.78, 5) is 24.2. The van der Waals surface area contributed by atoms with Crippen LogP contribution in [-0.4, -0.2) is 32.8 Å². The van der Waals surface area contributed by atoms with Crippen molar-refractivity contribution in [3.63, 3.8) is 0 Å². The zero-order valence-electron chi connectivity index (χ0n) is 13.7. The third-order valence-electron chi connectivity index (χ3n) is 4.20.